The van der Waals surface area contributed by atoms with Crippen LogP contribution in [0.4, 0.5) is 13.2 Å². The SMILES string of the molecule is FC(F)(F)c1cnc(Oc2ccc(-c3noc(-c4ccc(Cl)cc4)n3)cc2)c(Cl)c1. The molecule has 2 aromatic carbocycles. The van der Waals surface area contributed by atoms with Crippen LogP contribution < -0.4 is 4.74 Å². The van der Waals surface area contributed by atoms with Gasteiger partial charge in [0.15, 0.2) is 0 Å². The van der Waals surface area contributed by atoms with E-state index in [9.17, 15) is 13.2 Å². The monoisotopic (exact) mass is 451 g/mol. The van der Waals surface area contributed by atoms with Crippen molar-refractivity contribution in [3.05, 3.63) is 76.4 Å². The van der Waals surface area contributed by atoms with Gasteiger partial charge in [-0.1, -0.05) is 28.4 Å². The van der Waals surface area contributed by atoms with Crippen molar-refractivity contribution in [3.8, 4) is 34.5 Å². The molecular weight excluding hydrogens is 442 g/mol. The Bertz CT molecular complexity index is 1180. The first kappa shape index (κ1) is 20.2. The van der Waals surface area contributed by atoms with Crippen molar-refractivity contribution in [1.29, 1.82) is 0 Å². The van der Waals surface area contributed by atoms with Crippen LogP contribution >= 0.6 is 23.2 Å². The number of alkyl halides is 3. The van der Waals surface area contributed by atoms with Crippen LogP contribution in [0.3, 0.4) is 0 Å². The average Bonchev–Trinajstić information content (AvgIpc) is 3.20. The van der Waals surface area contributed by atoms with Gasteiger partial charge in [-0.05, 0) is 54.6 Å². The van der Waals surface area contributed by atoms with E-state index in [0.29, 0.717) is 34.2 Å². The number of rotatable bonds is 4. The molecule has 0 amide bonds. The molecule has 0 bridgehead atoms. The zero-order valence-corrected chi connectivity index (χ0v) is 16.3. The van der Waals surface area contributed by atoms with Gasteiger partial charge in [0.25, 0.3) is 5.89 Å². The molecule has 30 heavy (non-hydrogen) atoms. The predicted octanol–water partition coefficient (Wildman–Crippen LogP) is 6.92. The first-order valence-electron chi connectivity index (χ1n) is 8.40. The highest BCUT2D eigenvalue weighted by molar-refractivity contribution is 6.32. The number of aromatic nitrogens is 3. The first-order chi connectivity index (χ1) is 14.3. The van der Waals surface area contributed by atoms with Crippen LogP contribution in [-0.4, -0.2) is 15.1 Å². The Hall–Kier alpha value is -3.10. The Morgan fingerprint density at radius 2 is 1.57 bits per heavy atom. The summed E-state index contributed by atoms with van der Waals surface area (Å²) in [5, 5.41) is 4.29. The van der Waals surface area contributed by atoms with Crippen LogP contribution in [-0.2, 0) is 6.18 Å². The van der Waals surface area contributed by atoms with Crippen molar-refractivity contribution in [2.75, 3.05) is 0 Å². The molecule has 0 aliphatic rings. The Morgan fingerprint density at radius 3 is 2.20 bits per heavy atom. The molecule has 0 saturated carbocycles. The van der Waals surface area contributed by atoms with E-state index in [4.69, 9.17) is 32.5 Å². The fraction of sp³-hybridized carbons (Fsp3) is 0.0500. The number of nitrogens with zero attached hydrogens (tertiary/aromatic N) is 3. The van der Waals surface area contributed by atoms with E-state index in [0.717, 1.165) is 11.6 Å². The molecule has 0 radical (unpaired) electrons. The van der Waals surface area contributed by atoms with Crippen LogP contribution in [0.15, 0.2) is 65.3 Å². The topological polar surface area (TPSA) is 61.0 Å². The Balaban J connectivity index is 1.50. The fourth-order valence-electron chi connectivity index (χ4n) is 2.49. The molecule has 0 N–H and O–H groups in total. The molecule has 0 aliphatic carbocycles. The van der Waals surface area contributed by atoms with E-state index in [1.165, 1.54) is 0 Å². The lowest BCUT2D eigenvalue weighted by Crippen LogP contribution is -2.05. The number of hydrogen-bond acceptors (Lipinski definition) is 5. The molecule has 0 atom stereocenters. The van der Waals surface area contributed by atoms with Crippen LogP contribution in [0.2, 0.25) is 10.0 Å². The molecule has 0 spiro atoms. The number of benzene rings is 2. The zero-order valence-electron chi connectivity index (χ0n) is 14.8. The van der Waals surface area contributed by atoms with Crippen molar-refractivity contribution in [1.82, 2.24) is 15.1 Å². The highest BCUT2D eigenvalue weighted by atomic mass is 35.5. The lowest BCUT2D eigenvalue weighted by Gasteiger charge is -2.10. The largest absolute Gasteiger partial charge is 0.438 e. The Labute approximate surface area is 178 Å². The highest BCUT2D eigenvalue weighted by Crippen LogP contribution is 2.35. The Kier molecular flexibility index (Phi) is 5.36. The normalized spacial score (nSPS) is 11.5. The molecule has 0 unspecified atom stereocenters. The van der Waals surface area contributed by atoms with Crippen LogP contribution in [0.5, 0.6) is 11.6 Å². The van der Waals surface area contributed by atoms with Crippen molar-refractivity contribution in [3.63, 3.8) is 0 Å². The minimum atomic E-state index is -4.54. The van der Waals surface area contributed by atoms with E-state index in [1.54, 1.807) is 48.5 Å². The predicted molar refractivity (Wildman–Crippen MR) is 105 cm³/mol. The molecule has 0 fully saturated rings. The summed E-state index contributed by atoms with van der Waals surface area (Å²) in [5.41, 5.74) is 0.419. The molecule has 10 heteroatoms. The lowest BCUT2D eigenvalue weighted by atomic mass is 10.2. The van der Waals surface area contributed by atoms with E-state index >= 15 is 0 Å². The molecule has 2 heterocycles. The molecule has 0 aliphatic heterocycles. The second-order valence-electron chi connectivity index (χ2n) is 6.07. The molecule has 4 aromatic rings. The van der Waals surface area contributed by atoms with Crippen LogP contribution in [0.25, 0.3) is 22.8 Å². The van der Waals surface area contributed by atoms with Gasteiger partial charge in [-0.3, -0.25) is 0 Å². The minimum Gasteiger partial charge on any atom is -0.438 e. The van der Waals surface area contributed by atoms with Gasteiger partial charge in [-0.25, -0.2) is 4.98 Å². The van der Waals surface area contributed by atoms with Crippen molar-refractivity contribution in [2.45, 2.75) is 6.18 Å². The van der Waals surface area contributed by atoms with Crippen molar-refractivity contribution < 1.29 is 22.4 Å². The van der Waals surface area contributed by atoms with Gasteiger partial charge in [0, 0.05) is 22.3 Å². The number of pyridine rings is 1. The van der Waals surface area contributed by atoms with Crippen molar-refractivity contribution in [2.24, 2.45) is 0 Å². The highest BCUT2D eigenvalue weighted by Gasteiger charge is 2.31. The maximum Gasteiger partial charge on any atom is 0.417 e. The van der Waals surface area contributed by atoms with Gasteiger partial charge in [-0.15, -0.1) is 0 Å². The third kappa shape index (κ3) is 4.39. The quantitative estimate of drug-likeness (QED) is 0.337. The van der Waals surface area contributed by atoms with Crippen LogP contribution in [0, 0.1) is 0 Å². The zero-order chi connectivity index (χ0) is 21.3. The van der Waals surface area contributed by atoms with Gasteiger partial charge in [0.1, 0.15) is 10.8 Å². The van der Waals surface area contributed by atoms with E-state index in [2.05, 4.69) is 15.1 Å². The standard InChI is InChI=1S/C20H10Cl2F3N3O2/c21-14-5-1-12(2-6-14)18-27-17(28-30-18)11-3-7-15(8-4-11)29-19-16(22)9-13(10-26-19)20(23,24)25/h1-10H. The average molecular weight is 452 g/mol. The van der Waals surface area contributed by atoms with Crippen LogP contribution in [0.1, 0.15) is 5.56 Å². The van der Waals surface area contributed by atoms with Gasteiger partial charge in [-0.2, -0.15) is 18.2 Å². The van der Waals surface area contributed by atoms with E-state index in [1.807, 2.05) is 0 Å². The summed E-state index contributed by atoms with van der Waals surface area (Å²) in [6, 6.07) is 14.2. The Morgan fingerprint density at radius 1 is 0.900 bits per heavy atom. The maximum atomic E-state index is 12.7. The molecule has 5 nitrogen and oxygen atoms in total. The molecule has 4 rings (SSSR count). The fourth-order valence-corrected chi connectivity index (χ4v) is 2.82. The van der Waals surface area contributed by atoms with Gasteiger partial charge < -0.3 is 9.26 Å². The summed E-state index contributed by atoms with van der Waals surface area (Å²) >= 11 is 11.7. The number of hydrogen-bond donors (Lipinski definition) is 0. The number of halogens is 5. The second-order valence-corrected chi connectivity index (χ2v) is 6.91. The first-order valence-corrected chi connectivity index (χ1v) is 9.16. The maximum absolute atomic E-state index is 12.7. The molecule has 0 saturated heterocycles. The van der Waals surface area contributed by atoms with Gasteiger partial charge >= 0.3 is 6.18 Å². The molecular formula is C20H10Cl2F3N3O2. The summed E-state index contributed by atoms with van der Waals surface area (Å²) in [5.74, 6) is 0.885. The summed E-state index contributed by atoms with van der Waals surface area (Å²) in [6.07, 6.45) is -3.88. The van der Waals surface area contributed by atoms with Crippen molar-refractivity contribution >= 4 is 23.2 Å². The number of ether oxygens (including phenoxy) is 1. The minimum absolute atomic E-state index is 0.137. The molecule has 152 valence electrons. The second kappa shape index (κ2) is 7.97. The van der Waals surface area contributed by atoms with Gasteiger partial charge in [0.2, 0.25) is 11.7 Å². The summed E-state index contributed by atoms with van der Waals surface area (Å²) in [7, 11) is 0. The van der Waals surface area contributed by atoms with E-state index < -0.39 is 11.7 Å². The van der Waals surface area contributed by atoms with E-state index in [-0.39, 0.29) is 10.9 Å². The van der Waals surface area contributed by atoms with Gasteiger partial charge in [0.05, 0.1) is 5.56 Å². The third-order valence-electron chi connectivity index (χ3n) is 3.98. The summed E-state index contributed by atoms with van der Waals surface area (Å²) < 4.78 is 48.8. The lowest BCUT2D eigenvalue weighted by molar-refractivity contribution is -0.137. The summed E-state index contributed by atoms with van der Waals surface area (Å²) in [4.78, 5) is 7.98. The smallest absolute Gasteiger partial charge is 0.417 e. The third-order valence-corrected chi connectivity index (χ3v) is 4.50. The summed E-state index contributed by atoms with van der Waals surface area (Å²) in [6.45, 7) is 0. The molecule has 2 aromatic heterocycles.